The maximum Gasteiger partial charge on any atom is 0.0900 e. The number of likely N-dealkylation sites (tertiary alicyclic amines) is 1. The van der Waals surface area contributed by atoms with Gasteiger partial charge in [0.05, 0.1) is 10.7 Å². The lowest BCUT2D eigenvalue weighted by Crippen LogP contribution is -2.26. The maximum absolute atomic E-state index is 5.87. The summed E-state index contributed by atoms with van der Waals surface area (Å²) in [5.74, 6) is 0. The third-order valence-electron chi connectivity index (χ3n) is 2.68. The summed E-state index contributed by atoms with van der Waals surface area (Å²) in [5.41, 5.74) is 7.06. The van der Waals surface area contributed by atoms with Gasteiger partial charge >= 0.3 is 0 Å². The van der Waals surface area contributed by atoms with Gasteiger partial charge in [-0.25, -0.2) is 4.98 Å². The van der Waals surface area contributed by atoms with Crippen LogP contribution in [-0.4, -0.2) is 29.0 Å². The molecule has 1 aromatic rings. The van der Waals surface area contributed by atoms with Gasteiger partial charge in [-0.15, -0.1) is 23.7 Å². The van der Waals surface area contributed by atoms with Crippen LogP contribution in [0.15, 0.2) is 0 Å². The molecule has 3 nitrogen and oxygen atoms in total. The third kappa shape index (κ3) is 3.14. The molecule has 86 valence electrons. The molecule has 2 rings (SSSR count). The van der Waals surface area contributed by atoms with Crippen LogP contribution in [0, 0.1) is 13.8 Å². The molecule has 1 aliphatic heterocycles. The second-order valence-corrected chi connectivity index (χ2v) is 5.31. The molecule has 0 radical (unpaired) electrons. The van der Waals surface area contributed by atoms with Crippen LogP contribution in [0.5, 0.6) is 0 Å². The summed E-state index contributed by atoms with van der Waals surface area (Å²) in [5, 5.41) is 1.17. The number of hydrogen-bond acceptors (Lipinski definition) is 4. The van der Waals surface area contributed by atoms with Gasteiger partial charge in [0.25, 0.3) is 0 Å². The minimum Gasteiger partial charge on any atom is -0.326 e. The number of thiazole rings is 1. The van der Waals surface area contributed by atoms with Gasteiger partial charge < -0.3 is 5.73 Å². The van der Waals surface area contributed by atoms with E-state index in [0.717, 1.165) is 26.1 Å². The Morgan fingerprint density at radius 1 is 1.53 bits per heavy atom. The maximum atomic E-state index is 5.87. The van der Waals surface area contributed by atoms with Crippen molar-refractivity contribution in [3.8, 4) is 0 Å². The second-order valence-electron chi connectivity index (χ2n) is 4.03. The van der Waals surface area contributed by atoms with Gasteiger partial charge in [-0.1, -0.05) is 0 Å². The average Bonchev–Trinajstić information content (AvgIpc) is 2.61. The molecule has 0 spiro atoms. The van der Waals surface area contributed by atoms with Crippen LogP contribution in [0.1, 0.15) is 22.0 Å². The fourth-order valence-electron chi connectivity index (χ4n) is 1.93. The Labute approximate surface area is 101 Å². The van der Waals surface area contributed by atoms with E-state index in [0.29, 0.717) is 6.04 Å². The fourth-order valence-corrected chi connectivity index (χ4v) is 2.91. The number of nitrogens with zero attached hydrogens (tertiary/aromatic N) is 2. The van der Waals surface area contributed by atoms with Gasteiger partial charge in [0.15, 0.2) is 0 Å². The standard InChI is InChI=1S/C10H17N3S.ClH/c1-7-10(14-8(2)12-7)6-13-4-3-9(11)5-13;/h9H,3-6,11H2,1-2H3;1H/t9-;/m0./s1. The molecule has 1 atom stereocenters. The van der Waals surface area contributed by atoms with Crippen molar-refractivity contribution in [2.45, 2.75) is 32.9 Å². The SMILES string of the molecule is Cc1nc(C)c(CN2CC[C@H](N)C2)s1.Cl. The average molecular weight is 248 g/mol. The Kier molecular flexibility index (Phi) is 4.52. The van der Waals surface area contributed by atoms with Gasteiger partial charge in [0, 0.05) is 30.6 Å². The molecule has 5 heteroatoms. The van der Waals surface area contributed by atoms with Gasteiger partial charge in [0.1, 0.15) is 0 Å². The predicted octanol–water partition coefficient (Wildman–Crippen LogP) is 1.71. The zero-order valence-electron chi connectivity index (χ0n) is 9.19. The number of aromatic nitrogens is 1. The van der Waals surface area contributed by atoms with Crippen LogP contribution in [-0.2, 0) is 6.54 Å². The lowest BCUT2D eigenvalue weighted by Gasteiger charge is -2.13. The molecule has 0 aliphatic carbocycles. The molecule has 0 bridgehead atoms. The monoisotopic (exact) mass is 247 g/mol. The number of aryl methyl sites for hydroxylation is 2. The van der Waals surface area contributed by atoms with Crippen LogP contribution in [0.25, 0.3) is 0 Å². The van der Waals surface area contributed by atoms with Crippen LogP contribution >= 0.6 is 23.7 Å². The molecule has 2 heterocycles. The van der Waals surface area contributed by atoms with E-state index in [2.05, 4.69) is 23.7 Å². The zero-order chi connectivity index (χ0) is 10.1. The quantitative estimate of drug-likeness (QED) is 0.865. The number of halogens is 1. The van der Waals surface area contributed by atoms with E-state index < -0.39 is 0 Å². The number of rotatable bonds is 2. The molecule has 1 fully saturated rings. The van der Waals surface area contributed by atoms with E-state index in [1.54, 1.807) is 0 Å². The van der Waals surface area contributed by atoms with E-state index in [1.165, 1.54) is 15.6 Å². The summed E-state index contributed by atoms with van der Waals surface area (Å²) in [6, 6.07) is 0.379. The molecule has 0 unspecified atom stereocenters. The van der Waals surface area contributed by atoms with Crippen LogP contribution in [0.3, 0.4) is 0 Å². The summed E-state index contributed by atoms with van der Waals surface area (Å²) in [4.78, 5) is 8.25. The van der Waals surface area contributed by atoms with E-state index >= 15 is 0 Å². The van der Waals surface area contributed by atoms with Gasteiger partial charge in [-0.2, -0.15) is 0 Å². The first-order chi connectivity index (χ1) is 6.65. The van der Waals surface area contributed by atoms with E-state index in [1.807, 2.05) is 11.3 Å². The molecule has 0 saturated carbocycles. The molecule has 0 amide bonds. The van der Waals surface area contributed by atoms with E-state index in [-0.39, 0.29) is 12.4 Å². The van der Waals surface area contributed by atoms with Crippen LogP contribution in [0.2, 0.25) is 0 Å². The smallest absolute Gasteiger partial charge is 0.0900 e. The molecular weight excluding hydrogens is 230 g/mol. The highest BCUT2D eigenvalue weighted by atomic mass is 35.5. The van der Waals surface area contributed by atoms with E-state index in [4.69, 9.17) is 5.73 Å². The topological polar surface area (TPSA) is 42.2 Å². The fraction of sp³-hybridized carbons (Fsp3) is 0.700. The van der Waals surface area contributed by atoms with Crippen molar-refractivity contribution in [1.29, 1.82) is 0 Å². The summed E-state index contributed by atoms with van der Waals surface area (Å²) < 4.78 is 0. The highest BCUT2D eigenvalue weighted by molar-refractivity contribution is 7.11. The van der Waals surface area contributed by atoms with Crippen molar-refractivity contribution < 1.29 is 0 Å². The highest BCUT2D eigenvalue weighted by Gasteiger charge is 2.20. The lowest BCUT2D eigenvalue weighted by molar-refractivity contribution is 0.329. The molecule has 0 aromatic carbocycles. The van der Waals surface area contributed by atoms with Crippen LogP contribution < -0.4 is 5.73 Å². The Morgan fingerprint density at radius 2 is 2.27 bits per heavy atom. The number of nitrogens with two attached hydrogens (primary N) is 1. The summed E-state index contributed by atoms with van der Waals surface area (Å²) in [6.07, 6.45) is 1.14. The van der Waals surface area contributed by atoms with Crippen molar-refractivity contribution in [3.63, 3.8) is 0 Å². The normalized spacial score (nSPS) is 21.7. The van der Waals surface area contributed by atoms with Crippen molar-refractivity contribution in [2.24, 2.45) is 5.73 Å². The molecule has 1 aromatic heterocycles. The first-order valence-electron chi connectivity index (χ1n) is 5.06. The Balaban J connectivity index is 0.00000112. The third-order valence-corrected chi connectivity index (χ3v) is 3.73. The van der Waals surface area contributed by atoms with Crippen molar-refractivity contribution in [3.05, 3.63) is 15.6 Å². The molecule has 1 aliphatic rings. The number of hydrogen-bond donors (Lipinski definition) is 1. The molecule has 15 heavy (non-hydrogen) atoms. The van der Waals surface area contributed by atoms with Crippen LogP contribution in [0.4, 0.5) is 0 Å². The van der Waals surface area contributed by atoms with Crippen molar-refractivity contribution in [1.82, 2.24) is 9.88 Å². The van der Waals surface area contributed by atoms with Gasteiger partial charge in [-0.05, 0) is 20.3 Å². The molecule has 2 N–H and O–H groups in total. The minimum absolute atomic E-state index is 0. The van der Waals surface area contributed by atoms with Crippen molar-refractivity contribution >= 4 is 23.7 Å². The predicted molar refractivity (Wildman–Crippen MR) is 66.7 cm³/mol. The Bertz CT molecular complexity index is 326. The summed E-state index contributed by atoms with van der Waals surface area (Å²) >= 11 is 1.81. The first kappa shape index (κ1) is 12.9. The summed E-state index contributed by atoms with van der Waals surface area (Å²) in [6.45, 7) is 7.37. The lowest BCUT2D eigenvalue weighted by atomic mass is 10.3. The molecular formula is C10H18ClN3S. The van der Waals surface area contributed by atoms with E-state index in [9.17, 15) is 0 Å². The largest absolute Gasteiger partial charge is 0.326 e. The van der Waals surface area contributed by atoms with Gasteiger partial charge in [0.2, 0.25) is 0 Å². The van der Waals surface area contributed by atoms with Gasteiger partial charge in [-0.3, -0.25) is 4.90 Å². The second kappa shape index (κ2) is 5.25. The Morgan fingerprint density at radius 3 is 2.73 bits per heavy atom. The summed E-state index contributed by atoms with van der Waals surface area (Å²) in [7, 11) is 0. The zero-order valence-corrected chi connectivity index (χ0v) is 10.8. The van der Waals surface area contributed by atoms with Crippen molar-refractivity contribution in [2.75, 3.05) is 13.1 Å². The first-order valence-corrected chi connectivity index (χ1v) is 5.87. The minimum atomic E-state index is 0. The molecule has 1 saturated heterocycles. The Hall–Kier alpha value is -0.160. The highest BCUT2D eigenvalue weighted by Crippen LogP contribution is 2.21.